The fourth-order valence-electron chi connectivity index (χ4n) is 1.81. The van der Waals surface area contributed by atoms with Crippen molar-refractivity contribution >= 4 is 22.9 Å². The molecule has 0 radical (unpaired) electrons. The van der Waals surface area contributed by atoms with Gasteiger partial charge in [0, 0.05) is 11.4 Å². The Morgan fingerprint density at radius 1 is 1.28 bits per heavy atom. The zero-order valence-electron chi connectivity index (χ0n) is 10.4. The van der Waals surface area contributed by atoms with E-state index in [0.29, 0.717) is 6.54 Å². The Balaban J connectivity index is 2.20. The Labute approximate surface area is 116 Å². The Kier molecular flexibility index (Phi) is 4.27. The summed E-state index contributed by atoms with van der Waals surface area (Å²) in [7, 11) is 0. The van der Waals surface area contributed by atoms with Crippen LogP contribution in [-0.2, 0) is 0 Å². The van der Waals surface area contributed by atoms with Crippen molar-refractivity contribution < 1.29 is 4.74 Å². The van der Waals surface area contributed by atoms with E-state index in [1.807, 2.05) is 31.2 Å². The third-order valence-electron chi connectivity index (χ3n) is 2.73. The summed E-state index contributed by atoms with van der Waals surface area (Å²) in [5.41, 5.74) is 8.13. The highest BCUT2D eigenvalue weighted by Crippen LogP contribution is 2.31. The molecule has 2 nitrogen and oxygen atoms in total. The average Bonchev–Trinajstić information content (AvgIpc) is 2.75. The molecule has 0 bridgehead atoms. The maximum atomic E-state index is 5.98. The molecule has 0 aliphatic heterocycles. The molecular formula is C14H16ClNOS. The van der Waals surface area contributed by atoms with Crippen molar-refractivity contribution in [2.24, 2.45) is 5.73 Å². The lowest BCUT2D eigenvalue weighted by molar-refractivity contribution is 0.216. The summed E-state index contributed by atoms with van der Waals surface area (Å²) in [4.78, 5) is 1.06. The molecule has 1 aromatic carbocycles. The van der Waals surface area contributed by atoms with E-state index in [0.717, 1.165) is 20.5 Å². The molecule has 1 heterocycles. The Hall–Kier alpha value is -1.03. The zero-order chi connectivity index (χ0) is 13.1. The van der Waals surface area contributed by atoms with Gasteiger partial charge in [0.2, 0.25) is 0 Å². The maximum absolute atomic E-state index is 5.98. The molecule has 2 rings (SSSR count). The Morgan fingerprint density at radius 3 is 2.61 bits per heavy atom. The molecule has 96 valence electrons. The molecule has 1 aromatic heterocycles. The minimum absolute atomic E-state index is 0.135. The fraction of sp³-hybridized carbons (Fsp3) is 0.286. The minimum Gasteiger partial charge on any atom is -0.483 e. The molecule has 0 aliphatic carbocycles. The second-order valence-corrected chi connectivity index (χ2v) is 6.00. The number of benzene rings is 1. The normalized spacial score (nSPS) is 12.4. The highest BCUT2D eigenvalue weighted by atomic mass is 35.5. The van der Waals surface area contributed by atoms with Gasteiger partial charge in [-0.05, 0) is 37.6 Å². The lowest BCUT2D eigenvalue weighted by Crippen LogP contribution is -2.17. The SMILES string of the molecule is Cc1ccc(OC(CN)c2ccc(Cl)s2)c(C)c1. The van der Waals surface area contributed by atoms with Crippen LogP contribution >= 0.6 is 22.9 Å². The number of hydrogen-bond acceptors (Lipinski definition) is 3. The van der Waals surface area contributed by atoms with Gasteiger partial charge < -0.3 is 10.5 Å². The summed E-state index contributed by atoms with van der Waals surface area (Å²) in [6.07, 6.45) is -0.135. The predicted molar refractivity (Wildman–Crippen MR) is 77.7 cm³/mol. The Bertz CT molecular complexity index is 538. The number of hydrogen-bond donors (Lipinski definition) is 1. The van der Waals surface area contributed by atoms with Gasteiger partial charge >= 0.3 is 0 Å². The second kappa shape index (κ2) is 5.74. The minimum atomic E-state index is -0.135. The predicted octanol–water partition coefficient (Wildman–Crippen LogP) is 4.10. The lowest BCUT2D eigenvalue weighted by atomic mass is 10.1. The molecule has 0 saturated carbocycles. The first kappa shape index (κ1) is 13.4. The van der Waals surface area contributed by atoms with Gasteiger partial charge in [-0.2, -0.15) is 0 Å². The lowest BCUT2D eigenvalue weighted by Gasteiger charge is -2.17. The van der Waals surface area contributed by atoms with Gasteiger partial charge in [0.25, 0.3) is 0 Å². The molecule has 18 heavy (non-hydrogen) atoms. The van der Waals surface area contributed by atoms with E-state index in [9.17, 15) is 0 Å². The topological polar surface area (TPSA) is 35.2 Å². The van der Waals surface area contributed by atoms with Gasteiger partial charge in [-0.1, -0.05) is 29.3 Å². The first-order valence-corrected chi connectivity index (χ1v) is 6.99. The second-order valence-electron chi connectivity index (χ2n) is 4.25. The van der Waals surface area contributed by atoms with E-state index in [1.54, 1.807) is 0 Å². The zero-order valence-corrected chi connectivity index (χ0v) is 12.0. The van der Waals surface area contributed by atoms with Crippen LogP contribution in [-0.4, -0.2) is 6.54 Å². The maximum Gasteiger partial charge on any atom is 0.145 e. The van der Waals surface area contributed by atoms with Gasteiger partial charge in [0.05, 0.1) is 4.34 Å². The molecule has 4 heteroatoms. The molecule has 2 N–H and O–H groups in total. The van der Waals surface area contributed by atoms with Crippen LogP contribution in [0.3, 0.4) is 0 Å². The first-order chi connectivity index (χ1) is 8.60. The third kappa shape index (κ3) is 3.05. The monoisotopic (exact) mass is 281 g/mol. The summed E-state index contributed by atoms with van der Waals surface area (Å²) in [5.74, 6) is 0.876. The number of aryl methyl sites for hydroxylation is 2. The largest absolute Gasteiger partial charge is 0.483 e. The summed E-state index contributed by atoms with van der Waals surface area (Å²) < 4.78 is 6.73. The molecule has 1 unspecified atom stereocenters. The van der Waals surface area contributed by atoms with Gasteiger partial charge in [-0.15, -0.1) is 11.3 Å². The van der Waals surface area contributed by atoms with E-state index in [-0.39, 0.29) is 6.10 Å². The van der Waals surface area contributed by atoms with Crippen molar-refractivity contribution in [2.45, 2.75) is 20.0 Å². The van der Waals surface area contributed by atoms with E-state index < -0.39 is 0 Å². The average molecular weight is 282 g/mol. The van der Waals surface area contributed by atoms with E-state index in [1.165, 1.54) is 16.9 Å². The smallest absolute Gasteiger partial charge is 0.145 e. The van der Waals surface area contributed by atoms with Crippen molar-refractivity contribution in [3.63, 3.8) is 0 Å². The van der Waals surface area contributed by atoms with Crippen LogP contribution in [0.15, 0.2) is 30.3 Å². The molecule has 0 spiro atoms. The molecule has 0 amide bonds. The van der Waals surface area contributed by atoms with E-state index in [2.05, 4.69) is 13.0 Å². The van der Waals surface area contributed by atoms with Gasteiger partial charge in [0.1, 0.15) is 11.9 Å². The third-order valence-corrected chi connectivity index (χ3v) is 4.05. The van der Waals surface area contributed by atoms with Crippen molar-refractivity contribution in [1.82, 2.24) is 0 Å². The number of halogens is 1. The van der Waals surface area contributed by atoms with Crippen molar-refractivity contribution in [3.8, 4) is 5.75 Å². The van der Waals surface area contributed by atoms with Crippen LogP contribution in [0.5, 0.6) is 5.75 Å². The van der Waals surface area contributed by atoms with Crippen molar-refractivity contribution in [3.05, 3.63) is 50.7 Å². The van der Waals surface area contributed by atoms with Crippen LogP contribution in [0.2, 0.25) is 4.34 Å². The molecule has 2 aromatic rings. The first-order valence-electron chi connectivity index (χ1n) is 5.79. The van der Waals surface area contributed by atoms with Crippen LogP contribution in [0.25, 0.3) is 0 Å². The number of rotatable bonds is 4. The summed E-state index contributed by atoms with van der Waals surface area (Å²) in [5, 5.41) is 0. The van der Waals surface area contributed by atoms with Crippen LogP contribution in [0.4, 0.5) is 0 Å². The highest BCUT2D eigenvalue weighted by Gasteiger charge is 2.15. The van der Waals surface area contributed by atoms with E-state index in [4.69, 9.17) is 22.1 Å². The molecule has 1 atom stereocenters. The standard InChI is InChI=1S/C14H16ClNOS/c1-9-3-4-11(10(2)7-9)17-12(8-16)13-5-6-14(15)18-13/h3-7,12H,8,16H2,1-2H3. The molecule has 0 aliphatic rings. The van der Waals surface area contributed by atoms with E-state index >= 15 is 0 Å². The highest BCUT2D eigenvalue weighted by molar-refractivity contribution is 7.16. The summed E-state index contributed by atoms with van der Waals surface area (Å²) >= 11 is 7.45. The van der Waals surface area contributed by atoms with Crippen molar-refractivity contribution in [1.29, 1.82) is 0 Å². The quantitative estimate of drug-likeness (QED) is 0.916. The number of thiophene rings is 1. The fourth-order valence-corrected chi connectivity index (χ4v) is 2.91. The van der Waals surface area contributed by atoms with Crippen LogP contribution in [0, 0.1) is 13.8 Å². The van der Waals surface area contributed by atoms with Crippen molar-refractivity contribution in [2.75, 3.05) is 6.54 Å². The van der Waals surface area contributed by atoms with Gasteiger partial charge in [0.15, 0.2) is 0 Å². The van der Waals surface area contributed by atoms with Crippen LogP contribution < -0.4 is 10.5 Å². The number of ether oxygens (including phenoxy) is 1. The van der Waals surface area contributed by atoms with Crippen LogP contribution in [0.1, 0.15) is 22.1 Å². The molecule has 0 saturated heterocycles. The summed E-state index contributed by atoms with van der Waals surface area (Å²) in [6, 6.07) is 9.97. The summed E-state index contributed by atoms with van der Waals surface area (Å²) in [6.45, 7) is 4.54. The van der Waals surface area contributed by atoms with Gasteiger partial charge in [-0.25, -0.2) is 0 Å². The Morgan fingerprint density at radius 2 is 2.06 bits per heavy atom. The molecule has 0 fully saturated rings. The molecular weight excluding hydrogens is 266 g/mol. The number of nitrogens with two attached hydrogens (primary N) is 1. The van der Waals surface area contributed by atoms with Gasteiger partial charge in [-0.3, -0.25) is 0 Å².